The van der Waals surface area contributed by atoms with Crippen molar-refractivity contribution in [1.82, 2.24) is 4.90 Å². The van der Waals surface area contributed by atoms with E-state index in [-0.39, 0.29) is 17.1 Å². The van der Waals surface area contributed by atoms with Crippen LogP contribution in [0, 0.1) is 6.92 Å². The Morgan fingerprint density at radius 2 is 2.05 bits per heavy atom. The molecule has 1 aromatic carbocycles. The smallest absolute Gasteiger partial charge is 0.335 e. The lowest BCUT2D eigenvalue weighted by Gasteiger charge is -2.20. The second kappa shape index (κ2) is 5.93. The highest BCUT2D eigenvalue weighted by molar-refractivity contribution is 7.91. The van der Waals surface area contributed by atoms with E-state index in [1.807, 2.05) is 13.0 Å². The van der Waals surface area contributed by atoms with E-state index in [9.17, 15) is 13.2 Å². The molecule has 1 aromatic rings. The molecule has 0 aromatic heterocycles. The van der Waals surface area contributed by atoms with E-state index in [1.165, 1.54) is 0 Å². The standard InChI is InChI=1S/C14H19NO4S/c1-11-9-12(14(16)17)3-4-13(11)10-15-5-2-7-20(18,19)8-6-15/h3-4,9H,2,5-8,10H2,1H3,(H,16,17). The summed E-state index contributed by atoms with van der Waals surface area (Å²) in [5, 5.41) is 8.94. The second-order valence-corrected chi connectivity index (χ2v) is 7.53. The summed E-state index contributed by atoms with van der Waals surface area (Å²) in [6.45, 7) is 3.86. The molecular weight excluding hydrogens is 278 g/mol. The first-order valence-electron chi connectivity index (χ1n) is 6.63. The van der Waals surface area contributed by atoms with Gasteiger partial charge in [0.15, 0.2) is 9.84 Å². The molecule has 0 spiro atoms. The molecule has 0 radical (unpaired) electrons. The number of hydrogen-bond acceptors (Lipinski definition) is 4. The summed E-state index contributed by atoms with van der Waals surface area (Å²) >= 11 is 0. The van der Waals surface area contributed by atoms with Crippen molar-refractivity contribution in [3.8, 4) is 0 Å². The molecule has 20 heavy (non-hydrogen) atoms. The quantitative estimate of drug-likeness (QED) is 0.910. The molecule has 0 atom stereocenters. The number of rotatable bonds is 3. The molecule has 6 heteroatoms. The van der Waals surface area contributed by atoms with Crippen molar-refractivity contribution in [3.05, 3.63) is 34.9 Å². The summed E-state index contributed by atoms with van der Waals surface area (Å²) in [6.07, 6.45) is 0.661. The van der Waals surface area contributed by atoms with E-state index in [4.69, 9.17) is 5.11 Å². The van der Waals surface area contributed by atoms with E-state index in [0.717, 1.165) is 17.7 Å². The highest BCUT2D eigenvalue weighted by Gasteiger charge is 2.19. The van der Waals surface area contributed by atoms with E-state index in [0.29, 0.717) is 19.5 Å². The Bertz CT molecular complexity index is 610. The predicted molar refractivity (Wildman–Crippen MR) is 76.7 cm³/mol. The Hall–Kier alpha value is -1.40. The van der Waals surface area contributed by atoms with E-state index >= 15 is 0 Å². The van der Waals surface area contributed by atoms with Crippen LogP contribution in [0.3, 0.4) is 0 Å². The minimum Gasteiger partial charge on any atom is -0.478 e. The summed E-state index contributed by atoms with van der Waals surface area (Å²) in [5.74, 6) is -0.458. The number of carboxylic acid groups (broad SMARTS) is 1. The van der Waals surface area contributed by atoms with Crippen molar-refractivity contribution in [2.24, 2.45) is 0 Å². The van der Waals surface area contributed by atoms with Gasteiger partial charge in [0, 0.05) is 13.1 Å². The minimum atomic E-state index is -2.89. The largest absolute Gasteiger partial charge is 0.478 e. The van der Waals surface area contributed by atoms with Crippen LogP contribution >= 0.6 is 0 Å². The van der Waals surface area contributed by atoms with Crippen molar-refractivity contribution in [2.45, 2.75) is 19.9 Å². The highest BCUT2D eigenvalue weighted by Crippen LogP contribution is 2.15. The molecule has 1 fully saturated rings. The molecule has 1 saturated heterocycles. The van der Waals surface area contributed by atoms with Crippen LogP contribution in [0.5, 0.6) is 0 Å². The van der Waals surface area contributed by atoms with Gasteiger partial charge in [-0.15, -0.1) is 0 Å². The first-order chi connectivity index (χ1) is 9.37. The third kappa shape index (κ3) is 3.80. The van der Waals surface area contributed by atoms with Crippen LogP contribution < -0.4 is 0 Å². The predicted octanol–water partition coefficient (Wildman–Crippen LogP) is 1.31. The molecule has 0 aliphatic carbocycles. The molecule has 1 aliphatic heterocycles. The van der Waals surface area contributed by atoms with Crippen molar-refractivity contribution < 1.29 is 18.3 Å². The molecule has 2 rings (SSSR count). The van der Waals surface area contributed by atoms with Gasteiger partial charge >= 0.3 is 5.97 Å². The van der Waals surface area contributed by atoms with Crippen LogP contribution in [0.25, 0.3) is 0 Å². The molecule has 0 bridgehead atoms. The van der Waals surface area contributed by atoms with Gasteiger partial charge in [0.05, 0.1) is 17.1 Å². The molecule has 110 valence electrons. The Morgan fingerprint density at radius 3 is 2.70 bits per heavy atom. The Balaban J connectivity index is 2.08. The first kappa shape index (κ1) is 15.0. The summed E-state index contributed by atoms with van der Waals surface area (Å²) < 4.78 is 23.1. The van der Waals surface area contributed by atoms with Gasteiger partial charge in [0.2, 0.25) is 0 Å². The van der Waals surface area contributed by atoms with E-state index < -0.39 is 15.8 Å². The lowest BCUT2D eigenvalue weighted by atomic mass is 10.0. The maximum atomic E-state index is 11.6. The molecule has 1 heterocycles. The first-order valence-corrected chi connectivity index (χ1v) is 8.45. The molecule has 5 nitrogen and oxygen atoms in total. The number of benzene rings is 1. The number of aromatic carboxylic acids is 1. The maximum Gasteiger partial charge on any atom is 0.335 e. The topological polar surface area (TPSA) is 74.7 Å². The normalized spacial score (nSPS) is 19.4. The van der Waals surface area contributed by atoms with Gasteiger partial charge in [0.1, 0.15) is 0 Å². The van der Waals surface area contributed by atoms with Gasteiger partial charge in [-0.25, -0.2) is 13.2 Å². The number of carboxylic acids is 1. The van der Waals surface area contributed by atoms with Crippen LogP contribution in [0.2, 0.25) is 0 Å². The molecular formula is C14H19NO4S. The van der Waals surface area contributed by atoms with Gasteiger partial charge in [-0.2, -0.15) is 0 Å². The number of aryl methyl sites for hydroxylation is 1. The summed E-state index contributed by atoms with van der Waals surface area (Å²) in [5.41, 5.74) is 2.26. The third-order valence-corrected chi connectivity index (χ3v) is 5.35. The zero-order chi connectivity index (χ0) is 14.8. The van der Waals surface area contributed by atoms with Gasteiger partial charge < -0.3 is 5.11 Å². The highest BCUT2D eigenvalue weighted by atomic mass is 32.2. The number of nitrogens with zero attached hydrogens (tertiary/aromatic N) is 1. The average molecular weight is 297 g/mol. The van der Waals surface area contributed by atoms with Gasteiger partial charge in [0.25, 0.3) is 0 Å². The zero-order valence-electron chi connectivity index (χ0n) is 11.5. The van der Waals surface area contributed by atoms with Crippen LogP contribution in [-0.2, 0) is 16.4 Å². The van der Waals surface area contributed by atoms with E-state index in [1.54, 1.807) is 12.1 Å². The van der Waals surface area contributed by atoms with Crippen molar-refractivity contribution in [3.63, 3.8) is 0 Å². The summed E-state index contributed by atoms with van der Waals surface area (Å²) in [4.78, 5) is 13.0. The van der Waals surface area contributed by atoms with Crippen molar-refractivity contribution in [2.75, 3.05) is 24.6 Å². The molecule has 1 aliphatic rings. The fraction of sp³-hybridized carbons (Fsp3) is 0.500. The molecule has 1 N–H and O–H groups in total. The maximum absolute atomic E-state index is 11.6. The van der Waals surface area contributed by atoms with Gasteiger partial charge in [-0.1, -0.05) is 6.07 Å². The van der Waals surface area contributed by atoms with E-state index in [2.05, 4.69) is 4.90 Å². The Morgan fingerprint density at radius 1 is 1.30 bits per heavy atom. The lowest BCUT2D eigenvalue weighted by Crippen LogP contribution is -2.27. The molecule has 0 saturated carbocycles. The fourth-order valence-electron chi connectivity index (χ4n) is 2.40. The minimum absolute atomic E-state index is 0.208. The monoisotopic (exact) mass is 297 g/mol. The second-order valence-electron chi connectivity index (χ2n) is 5.23. The number of sulfone groups is 1. The number of hydrogen-bond donors (Lipinski definition) is 1. The Kier molecular flexibility index (Phi) is 4.45. The van der Waals surface area contributed by atoms with Crippen LogP contribution in [0.1, 0.15) is 27.9 Å². The molecule has 0 amide bonds. The number of carbonyl (C=O) groups is 1. The van der Waals surface area contributed by atoms with Crippen LogP contribution in [-0.4, -0.2) is 49.0 Å². The van der Waals surface area contributed by atoms with Crippen molar-refractivity contribution >= 4 is 15.8 Å². The SMILES string of the molecule is Cc1cc(C(=O)O)ccc1CN1CCCS(=O)(=O)CC1. The average Bonchev–Trinajstić information content (AvgIpc) is 2.53. The zero-order valence-corrected chi connectivity index (χ0v) is 12.3. The van der Waals surface area contributed by atoms with Gasteiger partial charge in [-0.3, -0.25) is 4.90 Å². The lowest BCUT2D eigenvalue weighted by molar-refractivity contribution is 0.0696. The third-order valence-electron chi connectivity index (χ3n) is 3.63. The fourth-order valence-corrected chi connectivity index (χ4v) is 3.70. The summed E-state index contributed by atoms with van der Waals surface area (Å²) in [7, 11) is -2.89. The van der Waals surface area contributed by atoms with Gasteiger partial charge in [-0.05, 0) is 43.1 Å². The molecule has 0 unspecified atom stereocenters. The van der Waals surface area contributed by atoms with Crippen LogP contribution in [0.15, 0.2) is 18.2 Å². The van der Waals surface area contributed by atoms with Crippen LogP contribution in [0.4, 0.5) is 0 Å². The summed E-state index contributed by atoms with van der Waals surface area (Å²) in [6, 6.07) is 5.07. The Labute approximate surface area is 119 Å². The van der Waals surface area contributed by atoms with Crippen molar-refractivity contribution in [1.29, 1.82) is 0 Å².